The van der Waals surface area contributed by atoms with Crippen LogP contribution in [-0.2, 0) is 4.74 Å². The maximum absolute atomic E-state index is 5.35. The van der Waals surface area contributed by atoms with Crippen molar-refractivity contribution in [2.75, 3.05) is 33.3 Å². The van der Waals surface area contributed by atoms with Crippen LogP contribution >= 0.6 is 0 Å². The number of methoxy groups -OCH3 is 1. The SMILES string of the molecule is C=C/C=C\C(OC)=C(/C)N1CCNCC1. The second kappa shape index (κ2) is 6.30. The Kier molecular flexibility index (Phi) is 4.98. The van der Waals surface area contributed by atoms with Crippen molar-refractivity contribution in [3.8, 4) is 0 Å². The molecule has 0 aromatic rings. The highest BCUT2D eigenvalue weighted by Gasteiger charge is 2.12. The maximum Gasteiger partial charge on any atom is 0.137 e. The highest BCUT2D eigenvalue weighted by molar-refractivity contribution is 5.21. The van der Waals surface area contributed by atoms with Crippen LogP contribution in [0, 0.1) is 0 Å². The number of hydrogen-bond acceptors (Lipinski definition) is 3. The van der Waals surface area contributed by atoms with Gasteiger partial charge in [0.15, 0.2) is 0 Å². The summed E-state index contributed by atoms with van der Waals surface area (Å²) in [5.74, 6) is 0.914. The normalized spacial score (nSPS) is 18.9. The van der Waals surface area contributed by atoms with Crippen LogP contribution in [0.5, 0.6) is 0 Å². The number of hydrogen-bond donors (Lipinski definition) is 1. The molecule has 0 aliphatic carbocycles. The number of piperazine rings is 1. The summed E-state index contributed by atoms with van der Waals surface area (Å²) in [6, 6.07) is 0. The molecule has 15 heavy (non-hydrogen) atoms. The van der Waals surface area contributed by atoms with E-state index < -0.39 is 0 Å². The molecule has 0 bridgehead atoms. The van der Waals surface area contributed by atoms with Crippen molar-refractivity contribution in [1.82, 2.24) is 10.2 Å². The molecule has 1 saturated heterocycles. The van der Waals surface area contributed by atoms with Crippen LogP contribution in [-0.4, -0.2) is 38.2 Å². The van der Waals surface area contributed by atoms with Gasteiger partial charge in [0.1, 0.15) is 5.76 Å². The second-order valence-corrected chi connectivity index (χ2v) is 3.49. The first-order chi connectivity index (χ1) is 7.29. The lowest BCUT2D eigenvalue weighted by Gasteiger charge is -2.30. The van der Waals surface area contributed by atoms with E-state index >= 15 is 0 Å². The van der Waals surface area contributed by atoms with Crippen molar-refractivity contribution in [2.45, 2.75) is 6.92 Å². The topological polar surface area (TPSA) is 24.5 Å². The van der Waals surface area contributed by atoms with Crippen molar-refractivity contribution < 1.29 is 4.74 Å². The van der Waals surface area contributed by atoms with E-state index in [2.05, 4.69) is 23.7 Å². The Morgan fingerprint density at radius 2 is 2.07 bits per heavy atom. The minimum absolute atomic E-state index is 0.914. The maximum atomic E-state index is 5.35. The molecule has 0 radical (unpaired) electrons. The van der Waals surface area contributed by atoms with Crippen LogP contribution < -0.4 is 5.32 Å². The van der Waals surface area contributed by atoms with Gasteiger partial charge in [0.05, 0.1) is 12.8 Å². The molecule has 1 heterocycles. The first-order valence-electron chi connectivity index (χ1n) is 5.29. The van der Waals surface area contributed by atoms with Gasteiger partial charge < -0.3 is 15.0 Å². The summed E-state index contributed by atoms with van der Waals surface area (Å²) < 4.78 is 5.35. The van der Waals surface area contributed by atoms with Crippen molar-refractivity contribution >= 4 is 0 Å². The fourth-order valence-electron chi connectivity index (χ4n) is 1.65. The van der Waals surface area contributed by atoms with Crippen LogP contribution in [0.1, 0.15) is 6.92 Å². The molecule has 0 atom stereocenters. The molecule has 0 unspecified atom stereocenters. The molecule has 3 heteroatoms. The van der Waals surface area contributed by atoms with Crippen molar-refractivity contribution in [3.05, 3.63) is 36.3 Å². The lowest BCUT2D eigenvalue weighted by Crippen LogP contribution is -2.42. The zero-order valence-electron chi connectivity index (χ0n) is 9.62. The molecular weight excluding hydrogens is 188 g/mol. The Morgan fingerprint density at radius 1 is 1.40 bits per heavy atom. The quantitative estimate of drug-likeness (QED) is 0.560. The van der Waals surface area contributed by atoms with Crippen molar-refractivity contribution in [3.63, 3.8) is 0 Å². The standard InChI is InChI=1S/C12H20N2O/c1-4-5-6-12(15-3)11(2)14-9-7-13-8-10-14/h4-6,13H,1,7-10H2,2-3H3/b6-5-,12-11-. The van der Waals surface area contributed by atoms with Crippen LogP contribution in [0.25, 0.3) is 0 Å². The van der Waals surface area contributed by atoms with Crippen LogP contribution in [0.2, 0.25) is 0 Å². The molecule has 3 nitrogen and oxygen atoms in total. The highest BCUT2D eigenvalue weighted by atomic mass is 16.5. The molecule has 1 aliphatic heterocycles. The zero-order valence-corrected chi connectivity index (χ0v) is 9.62. The van der Waals surface area contributed by atoms with E-state index in [9.17, 15) is 0 Å². The highest BCUT2D eigenvalue weighted by Crippen LogP contribution is 2.12. The van der Waals surface area contributed by atoms with E-state index in [1.165, 1.54) is 5.70 Å². The number of rotatable bonds is 4. The Labute approximate surface area is 92.1 Å². The molecule has 0 aromatic heterocycles. The van der Waals surface area contributed by atoms with Gasteiger partial charge in [-0.05, 0) is 13.0 Å². The van der Waals surface area contributed by atoms with E-state index in [1.54, 1.807) is 13.2 Å². The molecule has 1 rings (SSSR count). The van der Waals surface area contributed by atoms with Gasteiger partial charge in [0, 0.05) is 26.2 Å². The van der Waals surface area contributed by atoms with Gasteiger partial charge in [-0.25, -0.2) is 0 Å². The van der Waals surface area contributed by atoms with Gasteiger partial charge in [-0.2, -0.15) is 0 Å². The summed E-state index contributed by atoms with van der Waals surface area (Å²) in [6.07, 6.45) is 5.60. The number of nitrogens with zero attached hydrogens (tertiary/aromatic N) is 1. The van der Waals surface area contributed by atoms with Gasteiger partial charge in [0.2, 0.25) is 0 Å². The fourth-order valence-corrected chi connectivity index (χ4v) is 1.65. The minimum Gasteiger partial charge on any atom is -0.495 e. The largest absolute Gasteiger partial charge is 0.495 e. The third-order valence-electron chi connectivity index (χ3n) is 2.55. The van der Waals surface area contributed by atoms with E-state index in [1.807, 2.05) is 12.2 Å². The van der Waals surface area contributed by atoms with Gasteiger partial charge in [-0.3, -0.25) is 0 Å². The van der Waals surface area contributed by atoms with Gasteiger partial charge >= 0.3 is 0 Å². The van der Waals surface area contributed by atoms with Crippen LogP contribution in [0.15, 0.2) is 36.3 Å². The van der Waals surface area contributed by atoms with Crippen LogP contribution in [0.4, 0.5) is 0 Å². The molecule has 1 N–H and O–H groups in total. The Bertz CT molecular complexity index is 263. The average Bonchev–Trinajstić information content (AvgIpc) is 2.31. The summed E-state index contributed by atoms with van der Waals surface area (Å²) in [6.45, 7) is 9.91. The third-order valence-corrected chi connectivity index (χ3v) is 2.55. The molecule has 84 valence electrons. The van der Waals surface area contributed by atoms with Gasteiger partial charge in [-0.1, -0.05) is 18.7 Å². The molecule has 0 aromatic carbocycles. The van der Waals surface area contributed by atoms with Gasteiger partial charge in [-0.15, -0.1) is 0 Å². The Balaban J connectivity index is 2.73. The first-order valence-corrected chi connectivity index (χ1v) is 5.29. The minimum atomic E-state index is 0.914. The third kappa shape index (κ3) is 3.44. The predicted octanol–water partition coefficient (Wildman–Crippen LogP) is 1.51. The number of ether oxygens (including phenoxy) is 1. The van der Waals surface area contributed by atoms with Crippen molar-refractivity contribution in [1.29, 1.82) is 0 Å². The Morgan fingerprint density at radius 3 is 2.60 bits per heavy atom. The molecule has 0 amide bonds. The summed E-state index contributed by atoms with van der Waals surface area (Å²) in [5.41, 5.74) is 1.19. The van der Waals surface area contributed by atoms with Crippen LogP contribution in [0.3, 0.4) is 0 Å². The average molecular weight is 208 g/mol. The summed E-state index contributed by atoms with van der Waals surface area (Å²) >= 11 is 0. The Hall–Kier alpha value is -1.22. The van der Waals surface area contributed by atoms with E-state index in [4.69, 9.17) is 4.74 Å². The molecule has 0 saturated carbocycles. The van der Waals surface area contributed by atoms with Crippen molar-refractivity contribution in [2.24, 2.45) is 0 Å². The van der Waals surface area contributed by atoms with E-state index in [-0.39, 0.29) is 0 Å². The zero-order chi connectivity index (χ0) is 11.1. The van der Waals surface area contributed by atoms with E-state index in [0.29, 0.717) is 0 Å². The summed E-state index contributed by atoms with van der Waals surface area (Å²) in [7, 11) is 1.70. The smallest absolute Gasteiger partial charge is 0.137 e. The second-order valence-electron chi connectivity index (χ2n) is 3.49. The molecule has 1 fully saturated rings. The first kappa shape index (κ1) is 11.9. The fraction of sp³-hybridized carbons (Fsp3) is 0.500. The lowest BCUT2D eigenvalue weighted by atomic mass is 10.2. The molecule has 0 spiro atoms. The number of allylic oxidation sites excluding steroid dienone is 4. The monoisotopic (exact) mass is 208 g/mol. The predicted molar refractivity (Wildman–Crippen MR) is 63.5 cm³/mol. The number of nitrogens with one attached hydrogen (secondary N) is 1. The summed E-state index contributed by atoms with van der Waals surface area (Å²) in [5, 5.41) is 3.33. The molecular formula is C12H20N2O. The summed E-state index contributed by atoms with van der Waals surface area (Å²) in [4.78, 5) is 2.34. The van der Waals surface area contributed by atoms with E-state index in [0.717, 1.165) is 31.9 Å². The molecule has 1 aliphatic rings. The lowest BCUT2D eigenvalue weighted by molar-refractivity contribution is 0.251. The van der Waals surface area contributed by atoms with Gasteiger partial charge in [0.25, 0.3) is 0 Å².